The maximum absolute atomic E-state index is 12.7. The zero-order valence-corrected chi connectivity index (χ0v) is 17.2. The van der Waals surface area contributed by atoms with Crippen molar-refractivity contribution in [2.24, 2.45) is 5.92 Å². The average Bonchev–Trinajstić information content (AvgIpc) is 3.10. The van der Waals surface area contributed by atoms with Gasteiger partial charge in [-0.1, -0.05) is 6.07 Å². The number of pyridine rings is 1. The van der Waals surface area contributed by atoms with E-state index in [0.717, 1.165) is 30.9 Å². The molecule has 2 bridgehead atoms. The van der Waals surface area contributed by atoms with Crippen LogP contribution in [0.4, 0.5) is 0 Å². The highest BCUT2D eigenvalue weighted by Gasteiger charge is 2.37. The molecule has 0 spiro atoms. The number of aryl methyl sites for hydroxylation is 1. The highest BCUT2D eigenvalue weighted by atomic mass is 35.5. The molecule has 0 saturated carbocycles. The molecule has 3 atom stereocenters. The fourth-order valence-corrected chi connectivity index (χ4v) is 4.70. The Morgan fingerprint density at radius 1 is 1.30 bits per heavy atom. The minimum Gasteiger partial charge on any atom is -0.350 e. The first-order chi connectivity index (χ1) is 14.0. The van der Waals surface area contributed by atoms with Crippen molar-refractivity contribution >= 4 is 24.0 Å². The summed E-state index contributed by atoms with van der Waals surface area (Å²) >= 11 is 0. The number of carbonyl (C=O) groups excluding carboxylic acids is 1. The number of aromatic amines is 1. The number of nitrogens with one attached hydrogen (secondary N) is 3. The summed E-state index contributed by atoms with van der Waals surface area (Å²) < 4.78 is 3.09. The van der Waals surface area contributed by atoms with Crippen LogP contribution in [-0.4, -0.2) is 44.7 Å². The topological polar surface area (TPSA) is 113 Å². The van der Waals surface area contributed by atoms with E-state index in [1.165, 1.54) is 10.7 Å². The lowest BCUT2D eigenvalue weighted by Crippen LogP contribution is -2.50. The van der Waals surface area contributed by atoms with Crippen LogP contribution in [0, 0.1) is 12.8 Å². The number of halogens is 1. The predicted molar refractivity (Wildman–Crippen MR) is 114 cm³/mol. The third-order valence-electron chi connectivity index (χ3n) is 6.04. The van der Waals surface area contributed by atoms with Crippen LogP contribution in [0.5, 0.6) is 0 Å². The van der Waals surface area contributed by atoms with E-state index < -0.39 is 11.5 Å². The summed E-state index contributed by atoms with van der Waals surface area (Å²) in [6.07, 6.45) is 2.29. The Morgan fingerprint density at radius 2 is 2.13 bits per heavy atom. The number of amides is 1. The van der Waals surface area contributed by atoms with Crippen molar-refractivity contribution < 1.29 is 4.79 Å². The molecule has 3 aromatic heterocycles. The van der Waals surface area contributed by atoms with Crippen LogP contribution in [0.2, 0.25) is 0 Å². The third-order valence-corrected chi connectivity index (χ3v) is 6.04. The van der Waals surface area contributed by atoms with Gasteiger partial charge in [-0.2, -0.15) is 0 Å². The molecule has 3 N–H and O–H groups in total. The molecule has 0 unspecified atom stereocenters. The summed E-state index contributed by atoms with van der Waals surface area (Å²) in [5.74, 6) is 0.0666. The largest absolute Gasteiger partial charge is 0.350 e. The molecular formula is C20H23ClN6O3. The van der Waals surface area contributed by atoms with Gasteiger partial charge in [-0.25, -0.2) is 9.50 Å². The van der Waals surface area contributed by atoms with Gasteiger partial charge in [0.1, 0.15) is 5.56 Å². The quantitative estimate of drug-likeness (QED) is 0.563. The fourth-order valence-electron chi connectivity index (χ4n) is 4.70. The molecule has 1 saturated heterocycles. The van der Waals surface area contributed by atoms with Crippen molar-refractivity contribution in [1.29, 1.82) is 0 Å². The van der Waals surface area contributed by atoms with E-state index in [1.54, 1.807) is 18.2 Å². The van der Waals surface area contributed by atoms with E-state index in [-0.39, 0.29) is 42.0 Å². The van der Waals surface area contributed by atoms with Crippen LogP contribution < -0.4 is 21.8 Å². The second-order valence-electron chi connectivity index (χ2n) is 7.90. The van der Waals surface area contributed by atoms with Gasteiger partial charge in [-0.15, -0.1) is 12.4 Å². The van der Waals surface area contributed by atoms with Crippen LogP contribution in [0.25, 0.3) is 5.65 Å². The molecule has 0 aliphatic carbocycles. The number of fused-ring (bicyclic) bond motifs is 5. The van der Waals surface area contributed by atoms with Gasteiger partial charge in [0.15, 0.2) is 5.65 Å². The molecule has 30 heavy (non-hydrogen) atoms. The van der Waals surface area contributed by atoms with Gasteiger partial charge in [0.05, 0.1) is 6.04 Å². The van der Waals surface area contributed by atoms with Crippen LogP contribution in [0.15, 0.2) is 40.1 Å². The molecule has 2 aliphatic rings. The van der Waals surface area contributed by atoms with E-state index in [2.05, 4.69) is 20.7 Å². The first kappa shape index (κ1) is 20.4. The Labute approximate surface area is 177 Å². The molecule has 5 heterocycles. The van der Waals surface area contributed by atoms with Gasteiger partial charge in [-0.05, 0) is 25.3 Å². The van der Waals surface area contributed by atoms with E-state index in [0.29, 0.717) is 11.6 Å². The Kier molecular flexibility index (Phi) is 5.25. The van der Waals surface area contributed by atoms with Crippen LogP contribution in [0.1, 0.15) is 40.1 Å². The fraction of sp³-hybridized carbons (Fsp3) is 0.400. The SMILES string of the molecule is Cc1cc2ncc(C(=O)NC[C@H]3[C@@H]4CNC[C@@H](C4)c4cccc(=O)n43)c(=O)n2[nH]1.Cl. The van der Waals surface area contributed by atoms with Crippen molar-refractivity contribution in [2.75, 3.05) is 19.6 Å². The van der Waals surface area contributed by atoms with Crippen molar-refractivity contribution in [3.05, 3.63) is 68.1 Å². The maximum Gasteiger partial charge on any atom is 0.285 e. The number of hydrogen-bond acceptors (Lipinski definition) is 5. The number of H-pyrrole nitrogens is 1. The Balaban J connectivity index is 0.00000218. The number of aromatic nitrogens is 4. The van der Waals surface area contributed by atoms with E-state index in [9.17, 15) is 14.4 Å². The first-order valence-electron chi connectivity index (χ1n) is 9.80. The Bertz CT molecular complexity index is 1230. The smallest absolute Gasteiger partial charge is 0.285 e. The van der Waals surface area contributed by atoms with Crippen LogP contribution in [0.3, 0.4) is 0 Å². The molecule has 1 fully saturated rings. The standard InChI is InChI=1S/C20H22N6O3.ClH/c1-11-5-17-22-9-14(20(29)26(17)24-11)19(28)23-10-16-13-6-12(7-21-8-13)15-3-2-4-18(27)25(15)16;/h2-5,9,12-13,16,21,24H,6-8,10H2,1H3,(H,23,28);1H/t12-,13+,16+;/m1./s1. The number of nitrogens with zero attached hydrogens (tertiary/aromatic N) is 3. The van der Waals surface area contributed by atoms with Crippen molar-refractivity contribution in [1.82, 2.24) is 29.8 Å². The second-order valence-corrected chi connectivity index (χ2v) is 7.90. The summed E-state index contributed by atoms with van der Waals surface area (Å²) in [7, 11) is 0. The Hall–Kier alpha value is -2.91. The molecule has 0 aromatic carbocycles. The van der Waals surface area contributed by atoms with Crippen molar-refractivity contribution in [2.45, 2.75) is 25.3 Å². The molecule has 1 amide bonds. The molecule has 5 rings (SSSR count). The van der Waals surface area contributed by atoms with Gasteiger partial charge >= 0.3 is 0 Å². The molecular weight excluding hydrogens is 408 g/mol. The molecule has 3 aromatic rings. The van der Waals surface area contributed by atoms with Gasteiger partial charge in [0.2, 0.25) is 0 Å². The summed E-state index contributed by atoms with van der Waals surface area (Å²) in [6.45, 7) is 3.76. The lowest BCUT2D eigenvalue weighted by atomic mass is 9.79. The summed E-state index contributed by atoms with van der Waals surface area (Å²) in [5.41, 5.74) is 1.73. The highest BCUT2D eigenvalue weighted by molar-refractivity contribution is 5.93. The van der Waals surface area contributed by atoms with Crippen LogP contribution >= 0.6 is 12.4 Å². The van der Waals surface area contributed by atoms with Crippen molar-refractivity contribution in [3.63, 3.8) is 0 Å². The first-order valence-corrected chi connectivity index (χ1v) is 9.80. The van der Waals surface area contributed by atoms with Crippen molar-refractivity contribution in [3.8, 4) is 0 Å². The van der Waals surface area contributed by atoms with Gasteiger partial charge in [0.25, 0.3) is 17.0 Å². The Morgan fingerprint density at radius 3 is 2.97 bits per heavy atom. The maximum atomic E-state index is 12.7. The van der Waals surface area contributed by atoms with E-state index >= 15 is 0 Å². The number of piperidine rings is 1. The normalized spacial score (nSPS) is 22.2. The molecule has 0 radical (unpaired) electrons. The lowest BCUT2D eigenvalue weighted by molar-refractivity contribution is 0.0930. The summed E-state index contributed by atoms with van der Waals surface area (Å²) in [5, 5.41) is 9.18. The second kappa shape index (κ2) is 7.73. The van der Waals surface area contributed by atoms with E-state index in [1.807, 2.05) is 17.6 Å². The lowest BCUT2D eigenvalue weighted by Gasteiger charge is -2.43. The van der Waals surface area contributed by atoms with E-state index in [4.69, 9.17) is 0 Å². The monoisotopic (exact) mass is 430 g/mol. The molecule has 158 valence electrons. The number of hydrogen-bond donors (Lipinski definition) is 3. The number of rotatable bonds is 3. The zero-order chi connectivity index (χ0) is 20.1. The molecule has 10 heteroatoms. The summed E-state index contributed by atoms with van der Waals surface area (Å²) in [4.78, 5) is 42.1. The zero-order valence-electron chi connectivity index (χ0n) is 16.4. The van der Waals surface area contributed by atoms with Crippen LogP contribution in [-0.2, 0) is 0 Å². The number of carbonyl (C=O) groups is 1. The molecule has 2 aliphatic heterocycles. The minimum atomic E-state index is -0.486. The van der Waals surface area contributed by atoms with Gasteiger partial charge in [0, 0.05) is 55.3 Å². The van der Waals surface area contributed by atoms with Gasteiger partial charge in [-0.3, -0.25) is 19.5 Å². The predicted octanol–water partition coefficient (Wildman–Crippen LogP) is 0.592. The minimum absolute atomic E-state index is 0. The van der Waals surface area contributed by atoms with Gasteiger partial charge < -0.3 is 15.2 Å². The third kappa shape index (κ3) is 3.23. The highest BCUT2D eigenvalue weighted by Crippen LogP contribution is 2.38. The summed E-state index contributed by atoms with van der Waals surface area (Å²) in [6, 6.07) is 6.92. The average molecular weight is 431 g/mol. The molecule has 9 nitrogen and oxygen atoms in total.